The highest BCUT2D eigenvalue weighted by Gasteiger charge is 2.29. The first-order valence-electron chi connectivity index (χ1n) is 6.99. The topological polar surface area (TPSA) is 67.8 Å². The van der Waals surface area contributed by atoms with Crippen LogP contribution >= 0.6 is 0 Å². The summed E-state index contributed by atoms with van der Waals surface area (Å²) in [5.74, 6) is 0. The Hall–Kier alpha value is -1.97. The van der Waals surface area contributed by atoms with Gasteiger partial charge in [0.15, 0.2) is 0 Å². The lowest BCUT2D eigenvalue weighted by Gasteiger charge is -2.19. The van der Waals surface area contributed by atoms with Gasteiger partial charge in [-0.25, -0.2) is 0 Å². The van der Waals surface area contributed by atoms with Gasteiger partial charge in [0, 0.05) is 34.1 Å². The van der Waals surface area contributed by atoms with Crippen molar-refractivity contribution in [2.45, 2.75) is 31.8 Å². The standard InChI is InChI=1S/C15H19N5/c1-10-14(13-5-3-4-6-15(13)17-10)8-12-7-11(18-19-16)9-20(12)2/h3-6,11-12,17H,7-9H2,1-2H3/t11-,12+/m0/s1. The fourth-order valence-electron chi connectivity index (χ4n) is 3.28. The molecule has 3 rings (SSSR count). The van der Waals surface area contributed by atoms with Crippen LogP contribution in [0.4, 0.5) is 0 Å². The minimum absolute atomic E-state index is 0.112. The van der Waals surface area contributed by atoms with Gasteiger partial charge >= 0.3 is 0 Å². The number of likely N-dealkylation sites (N-methyl/N-ethyl adjacent to an activating group) is 1. The first-order chi connectivity index (χ1) is 9.69. The number of likely N-dealkylation sites (tertiary alicyclic amines) is 1. The summed E-state index contributed by atoms with van der Waals surface area (Å²) in [7, 11) is 2.11. The first kappa shape index (κ1) is 13.0. The number of rotatable bonds is 3. The normalized spacial score (nSPS) is 23.1. The molecule has 2 atom stereocenters. The zero-order valence-electron chi connectivity index (χ0n) is 11.9. The monoisotopic (exact) mass is 269 g/mol. The Morgan fingerprint density at radius 3 is 3.05 bits per heavy atom. The van der Waals surface area contributed by atoms with Gasteiger partial charge in [-0.05, 0) is 44.0 Å². The number of aromatic amines is 1. The van der Waals surface area contributed by atoms with Crippen LogP contribution in [-0.4, -0.2) is 35.6 Å². The predicted octanol–water partition coefficient (Wildman–Crippen LogP) is 3.40. The summed E-state index contributed by atoms with van der Waals surface area (Å²) < 4.78 is 0. The molecule has 1 saturated heterocycles. The number of azide groups is 1. The third kappa shape index (κ3) is 2.26. The molecule has 5 heteroatoms. The number of hydrogen-bond acceptors (Lipinski definition) is 2. The number of para-hydroxylation sites is 1. The number of fused-ring (bicyclic) bond motifs is 1. The number of H-pyrrole nitrogens is 1. The van der Waals surface area contributed by atoms with Crippen LogP contribution in [0.25, 0.3) is 21.3 Å². The zero-order valence-corrected chi connectivity index (χ0v) is 11.9. The van der Waals surface area contributed by atoms with Crippen LogP contribution in [0.1, 0.15) is 17.7 Å². The Balaban J connectivity index is 1.86. The number of aromatic nitrogens is 1. The van der Waals surface area contributed by atoms with Crippen LogP contribution < -0.4 is 0 Å². The molecule has 5 nitrogen and oxygen atoms in total. The van der Waals surface area contributed by atoms with Crippen LogP contribution in [0, 0.1) is 6.92 Å². The molecule has 0 saturated carbocycles. The quantitative estimate of drug-likeness (QED) is 0.518. The molecule has 1 aliphatic rings. The number of nitrogens with one attached hydrogen (secondary N) is 1. The van der Waals surface area contributed by atoms with Crippen molar-refractivity contribution in [1.82, 2.24) is 9.88 Å². The Kier molecular flexibility index (Phi) is 3.38. The van der Waals surface area contributed by atoms with Gasteiger partial charge in [0.25, 0.3) is 0 Å². The molecule has 0 bridgehead atoms. The minimum Gasteiger partial charge on any atom is -0.358 e. The van der Waals surface area contributed by atoms with E-state index in [1.807, 2.05) is 0 Å². The highest BCUT2D eigenvalue weighted by molar-refractivity contribution is 5.84. The molecule has 1 N–H and O–H groups in total. The molecule has 104 valence electrons. The van der Waals surface area contributed by atoms with E-state index >= 15 is 0 Å². The lowest BCUT2D eigenvalue weighted by molar-refractivity contribution is 0.308. The molecule has 1 aromatic heterocycles. The predicted molar refractivity (Wildman–Crippen MR) is 80.7 cm³/mol. The molecule has 1 aromatic carbocycles. The summed E-state index contributed by atoms with van der Waals surface area (Å²) in [6.07, 6.45) is 1.95. The van der Waals surface area contributed by atoms with Crippen LogP contribution in [0.15, 0.2) is 29.4 Å². The number of hydrogen-bond donors (Lipinski definition) is 1. The van der Waals surface area contributed by atoms with Crippen molar-refractivity contribution in [1.29, 1.82) is 0 Å². The Morgan fingerprint density at radius 1 is 1.45 bits per heavy atom. The zero-order chi connectivity index (χ0) is 14.1. The van der Waals surface area contributed by atoms with E-state index in [0.717, 1.165) is 19.4 Å². The van der Waals surface area contributed by atoms with Crippen molar-refractivity contribution in [3.63, 3.8) is 0 Å². The van der Waals surface area contributed by atoms with Gasteiger partial charge in [-0.3, -0.25) is 0 Å². The second-order valence-corrected chi connectivity index (χ2v) is 5.67. The number of aryl methyl sites for hydroxylation is 1. The molecule has 0 radical (unpaired) electrons. The van der Waals surface area contributed by atoms with Gasteiger partial charge in [-0.15, -0.1) is 0 Å². The van der Waals surface area contributed by atoms with E-state index in [4.69, 9.17) is 5.53 Å². The first-order valence-corrected chi connectivity index (χ1v) is 6.99. The molecular formula is C15H19N5. The third-order valence-electron chi connectivity index (χ3n) is 4.35. The second-order valence-electron chi connectivity index (χ2n) is 5.67. The maximum absolute atomic E-state index is 8.58. The molecule has 0 spiro atoms. The van der Waals surface area contributed by atoms with Crippen molar-refractivity contribution in [2.75, 3.05) is 13.6 Å². The summed E-state index contributed by atoms with van der Waals surface area (Å²) in [6, 6.07) is 8.99. The SMILES string of the molecule is Cc1[nH]c2ccccc2c1C[C@H]1C[C@H](N=[N+]=[N-])CN1C. The van der Waals surface area contributed by atoms with E-state index in [0.29, 0.717) is 6.04 Å². The summed E-state index contributed by atoms with van der Waals surface area (Å²) in [6.45, 7) is 2.99. The summed E-state index contributed by atoms with van der Waals surface area (Å²) in [5.41, 5.74) is 12.4. The van der Waals surface area contributed by atoms with Crippen LogP contribution in [-0.2, 0) is 6.42 Å². The highest BCUT2D eigenvalue weighted by Crippen LogP contribution is 2.28. The molecule has 0 aliphatic carbocycles. The smallest absolute Gasteiger partial charge is 0.0516 e. The molecule has 1 fully saturated rings. The van der Waals surface area contributed by atoms with E-state index in [1.165, 1.54) is 22.2 Å². The van der Waals surface area contributed by atoms with E-state index in [9.17, 15) is 0 Å². The van der Waals surface area contributed by atoms with Crippen LogP contribution in [0.3, 0.4) is 0 Å². The largest absolute Gasteiger partial charge is 0.358 e. The summed E-state index contributed by atoms with van der Waals surface area (Å²) >= 11 is 0. The van der Waals surface area contributed by atoms with Crippen molar-refractivity contribution in [3.05, 3.63) is 46.0 Å². The van der Waals surface area contributed by atoms with Crippen molar-refractivity contribution in [3.8, 4) is 0 Å². The van der Waals surface area contributed by atoms with Crippen molar-refractivity contribution in [2.24, 2.45) is 5.11 Å². The lowest BCUT2D eigenvalue weighted by atomic mass is 10.0. The molecule has 0 amide bonds. The lowest BCUT2D eigenvalue weighted by Crippen LogP contribution is -2.27. The fraction of sp³-hybridized carbons (Fsp3) is 0.467. The van der Waals surface area contributed by atoms with Gasteiger partial charge in [-0.1, -0.05) is 23.3 Å². The summed E-state index contributed by atoms with van der Waals surface area (Å²) in [4.78, 5) is 8.70. The highest BCUT2D eigenvalue weighted by atomic mass is 15.2. The van der Waals surface area contributed by atoms with Gasteiger partial charge in [0.1, 0.15) is 0 Å². The molecule has 20 heavy (non-hydrogen) atoms. The maximum atomic E-state index is 8.58. The van der Waals surface area contributed by atoms with Gasteiger partial charge in [-0.2, -0.15) is 0 Å². The average Bonchev–Trinajstić information content (AvgIpc) is 2.92. The molecule has 2 heterocycles. The number of nitrogens with zero attached hydrogens (tertiary/aromatic N) is 4. The van der Waals surface area contributed by atoms with Crippen LogP contribution in [0.2, 0.25) is 0 Å². The average molecular weight is 269 g/mol. The molecule has 1 aliphatic heterocycles. The Labute approximate surface area is 118 Å². The fourth-order valence-corrected chi connectivity index (χ4v) is 3.28. The Morgan fingerprint density at radius 2 is 2.25 bits per heavy atom. The molecule has 2 aromatic rings. The summed E-state index contributed by atoms with van der Waals surface area (Å²) in [5, 5.41) is 5.18. The Bertz CT molecular complexity index is 668. The molecule has 0 unspecified atom stereocenters. The van der Waals surface area contributed by atoms with Crippen LogP contribution in [0.5, 0.6) is 0 Å². The van der Waals surface area contributed by atoms with Gasteiger partial charge in [0.05, 0.1) is 6.04 Å². The van der Waals surface area contributed by atoms with Crippen molar-refractivity contribution >= 4 is 10.9 Å². The second kappa shape index (κ2) is 5.19. The van der Waals surface area contributed by atoms with E-state index in [2.05, 4.69) is 58.1 Å². The van der Waals surface area contributed by atoms with Gasteiger partial charge < -0.3 is 9.88 Å². The third-order valence-corrected chi connectivity index (χ3v) is 4.35. The van der Waals surface area contributed by atoms with E-state index in [1.54, 1.807) is 0 Å². The van der Waals surface area contributed by atoms with Gasteiger partial charge in [0.2, 0.25) is 0 Å². The number of benzene rings is 1. The molecular weight excluding hydrogens is 250 g/mol. The van der Waals surface area contributed by atoms with E-state index in [-0.39, 0.29) is 6.04 Å². The van der Waals surface area contributed by atoms with E-state index < -0.39 is 0 Å². The minimum atomic E-state index is 0.112. The van der Waals surface area contributed by atoms with Crippen molar-refractivity contribution < 1.29 is 0 Å². The maximum Gasteiger partial charge on any atom is 0.0516 e.